The highest BCUT2D eigenvalue weighted by Crippen LogP contribution is 2.36. The standard InChI is InChI=1S/C52H58O8/c1-37(53)51(33-39-19-11-7-12-20-39,34-40-21-13-8-14-22-40)47(59)31-29-45(57)49(3,4)43(55)27-28-44(56)50(5,6)46(58)30-32-48(60)52(38(2)54,35-41-23-15-9-16-24-41)36-42-25-17-10-18-26-42/h7-26H,27-36H2,1-6H3. The van der Waals surface area contributed by atoms with Crippen LogP contribution in [0.3, 0.4) is 0 Å². The Kier molecular flexibility index (Phi) is 16.0. The fourth-order valence-corrected chi connectivity index (χ4v) is 7.91. The first-order valence-corrected chi connectivity index (χ1v) is 20.7. The number of carbonyl (C=O) groups is 8. The van der Waals surface area contributed by atoms with Gasteiger partial charge in [-0.15, -0.1) is 0 Å². The summed E-state index contributed by atoms with van der Waals surface area (Å²) in [6.45, 7) is 8.66. The van der Waals surface area contributed by atoms with E-state index in [-0.39, 0.29) is 87.3 Å². The van der Waals surface area contributed by atoms with Crippen molar-refractivity contribution in [3.05, 3.63) is 144 Å². The predicted octanol–water partition coefficient (Wildman–Crippen LogP) is 8.92. The monoisotopic (exact) mass is 810 g/mol. The van der Waals surface area contributed by atoms with Crippen molar-refractivity contribution >= 4 is 46.3 Å². The lowest BCUT2D eigenvalue weighted by molar-refractivity contribution is -0.145. The Morgan fingerprint density at radius 2 is 0.500 bits per heavy atom. The molecule has 0 aliphatic rings. The molecule has 0 N–H and O–H groups in total. The first-order chi connectivity index (χ1) is 28.3. The average molecular weight is 811 g/mol. The lowest BCUT2D eigenvalue weighted by Crippen LogP contribution is -2.43. The summed E-state index contributed by atoms with van der Waals surface area (Å²) in [5.41, 5.74) is -2.65. The first kappa shape index (κ1) is 46.9. The second-order valence-corrected chi connectivity index (χ2v) is 17.2. The van der Waals surface area contributed by atoms with Gasteiger partial charge < -0.3 is 0 Å². The normalized spacial score (nSPS) is 12.0. The average Bonchev–Trinajstić information content (AvgIpc) is 3.23. The van der Waals surface area contributed by atoms with Crippen molar-refractivity contribution in [3.63, 3.8) is 0 Å². The third kappa shape index (κ3) is 11.5. The fraction of sp³-hybridized carbons (Fsp3) is 0.385. The van der Waals surface area contributed by atoms with Crippen molar-refractivity contribution in [3.8, 4) is 0 Å². The van der Waals surface area contributed by atoms with E-state index in [4.69, 9.17) is 0 Å². The lowest BCUT2D eigenvalue weighted by Gasteiger charge is -2.31. The van der Waals surface area contributed by atoms with Crippen LogP contribution in [0.15, 0.2) is 121 Å². The summed E-state index contributed by atoms with van der Waals surface area (Å²) < 4.78 is 0. The molecule has 314 valence electrons. The highest BCUT2D eigenvalue weighted by molar-refractivity contribution is 6.13. The summed E-state index contributed by atoms with van der Waals surface area (Å²) in [6, 6.07) is 37.0. The van der Waals surface area contributed by atoms with Crippen LogP contribution in [-0.2, 0) is 64.0 Å². The fourth-order valence-electron chi connectivity index (χ4n) is 7.91. The van der Waals surface area contributed by atoms with Crippen molar-refractivity contribution < 1.29 is 38.4 Å². The number of hydrogen-bond donors (Lipinski definition) is 0. The van der Waals surface area contributed by atoms with E-state index in [1.54, 1.807) is 0 Å². The van der Waals surface area contributed by atoms with Crippen LogP contribution in [0, 0.1) is 21.7 Å². The van der Waals surface area contributed by atoms with Gasteiger partial charge in [0.15, 0.2) is 0 Å². The number of rotatable bonds is 25. The summed E-state index contributed by atoms with van der Waals surface area (Å²) in [6.07, 6.45) is -0.963. The van der Waals surface area contributed by atoms with Gasteiger partial charge in [0.1, 0.15) is 46.3 Å². The predicted molar refractivity (Wildman–Crippen MR) is 232 cm³/mol. The smallest absolute Gasteiger partial charge is 0.147 e. The Hall–Kier alpha value is -5.76. The molecule has 0 spiro atoms. The lowest BCUT2D eigenvalue weighted by atomic mass is 9.68. The Balaban J connectivity index is 1.39. The minimum Gasteiger partial charge on any atom is -0.299 e. The molecule has 8 heteroatoms. The highest BCUT2D eigenvalue weighted by Gasteiger charge is 2.46. The van der Waals surface area contributed by atoms with Gasteiger partial charge in [0.25, 0.3) is 0 Å². The van der Waals surface area contributed by atoms with Gasteiger partial charge in [-0.1, -0.05) is 121 Å². The van der Waals surface area contributed by atoms with Gasteiger partial charge in [-0.3, -0.25) is 38.4 Å². The molecule has 0 aliphatic heterocycles. The van der Waals surface area contributed by atoms with Gasteiger partial charge in [0, 0.05) is 38.5 Å². The molecule has 4 aromatic rings. The van der Waals surface area contributed by atoms with Crippen LogP contribution in [0.2, 0.25) is 0 Å². The summed E-state index contributed by atoms with van der Waals surface area (Å²) in [7, 11) is 0. The summed E-state index contributed by atoms with van der Waals surface area (Å²) in [4.78, 5) is 109. The van der Waals surface area contributed by atoms with Crippen molar-refractivity contribution in [2.45, 2.75) is 106 Å². The molecule has 0 aliphatic carbocycles. The van der Waals surface area contributed by atoms with Gasteiger partial charge in [-0.05, 0) is 89.5 Å². The minimum absolute atomic E-state index is 0.164. The van der Waals surface area contributed by atoms with Crippen LogP contribution in [0.1, 0.15) is 102 Å². The maximum atomic E-state index is 14.1. The zero-order chi connectivity index (χ0) is 44.1. The molecule has 0 saturated carbocycles. The van der Waals surface area contributed by atoms with E-state index in [9.17, 15) is 38.4 Å². The zero-order valence-corrected chi connectivity index (χ0v) is 35.9. The topological polar surface area (TPSA) is 137 Å². The van der Waals surface area contributed by atoms with E-state index in [0.717, 1.165) is 22.3 Å². The van der Waals surface area contributed by atoms with E-state index in [0.29, 0.717) is 0 Å². The Morgan fingerprint density at radius 3 is 0.683 bits per heavy atom. The first-order valence-electron chi connectivity index (χ1n) is 20.7. The van der Waals surface area contributed by atoms with Gasteiger partial charge in [-0.2, -0.15) is 0 Å². The molecular weight excluding hydrogens is 753 g/mol. The minimum atomic E-state index is -1.54. The third-order valence-electron chi connectivity index (χ3n) is 12.3. The van der Waals surface area contributed by atoms with Crippen molar-refractivity contribution in [2.75, 3.05) is 0 Å². The van der Waals surface area contributed by atoms with E-state index in [1.807, 2.05) is 121 Å². The van der Waals surface area contributed by atoms with Crippen molar-refractivity contribution in [2.24, 2.45) is 21.7 Å². The van der Waals surface area contributed by atoms with E-state index < -0.39 is 44.8 Å². The Morgan fingerprint density at radius 1 is 0.317 bits per heavy atom. The summed E-state index contributed by atoms with van der Waals surface area (Å²) in [5, 5.41) is 0. The van der Waals surface area contributed by atoms with E-state index in [2.05, 4.69) is 0 Å². The van der Waals surface area contributed by atoms with E-state index in [1.165, 1.54) is 41.5 Å². The number of ketones is 8. The largest absolute Gasteiger partial charge is 0.299 e. The van der Waals surface area contributed by atoms with Gasteiger partial charge in [-0.25, -0.2) is 0 Å². The molecule has 0 heterocycles. The number of hydrogen-bond acceptors (Lipinski definition) is 8. The molecule has 0 unspecified atom stereocenters. The van der Waals surface area contributed by atoms with Gasteiger partial charge in [0.2, 0.25) is 0 Å². The molecule has 0 fully saturated rings. The molecule has 0 atom stereocenters. The Bertz CT molecular complexity index is 1930. The van der Waals surface area contributed by atoms with Crippen molar-refractivity contribution in [1.29, 1.82) is 0 Å². The van der Waals surface area contributed by atoms with Crippen LogP contribution in [0.5, 0.6) is 0 Å². The number of Topliss-reactive ketones (excluding diaryl/α,β-unsaturated/α-hetero) is 8. The second kappa shape index (κ2) is 20.5. The quantitative estimate of drug-likeness (QED) is 0.0606. The number of benzene rings is 4. The molecule has 0 radical (unpaired) electrons. The second-order valence-electron chi connectivity index (χ2n) is 17.2. The van der Waals surface area contributed by atoms with Crippen LogP contribution in [-0.4, -0.2) is 46.3 Å². The maximum absolute atomic E-state index is 14.1. The van der Waals surface area contributed by atoms with Crippen LogP contribution < -0.4 is 0 Å². The van der Waals surface area contributed by atoms with Crippen LogP contribution in [0.4, 0.5) is 0 Å². The molecule has 4 aromatic carbocycles. The molecule has 8 nitrogen and oxygen atoms in total. The maximum Gasteiger partial charge on any atom is 0.147 e. The molecule has 4 rings (SSSR count). The van der Waals surface area contributed by atoms with E-state index >= 15 is 0 Å². The summed E-state index contributed by atoms with van der Waals surface area (Å²) in [5.74, 6) is -3.36. The van der Waals surface area contributed by atoms with Crippen molar-refractivity contribution in [1.82, 2.24) is 0 Å². The zero-order valence-electron chi connectivity index (χ0n) is 35.9. The van der Waals surface area contributed by atoms with Gasteiger partial charge >= 0.3 is 0 Å². The van der Waals surface area contributed by atoms with Crippen LogP contribution >= 0.6 is 0 Å². The molecule has 0 saturated heterocycles. The van der Waals surface area contributed by atoms with Gasteiger partial charge in [0.05, 0.1) is 21.7 Å². The SMILES string of the molecule is CC(=O)C(Cc1ccccc1)(Cc1ccccc1)C(=O)CCC(=O)C(C)(C)C(=O)CCC(=O)C(C)(C)C(=O)CCC(=O)C(Cc1ccccc1)(Cc1ccccc1)C(C)=O. The Labute approximate surface area is 354 Å². The summed E-state index contributed by atoms with van der Waals surface area (Å²) >= 11 is 0. The number of carbonyl (C=O) groups excluding carboxylic acids is 8. The van der Waals surface area contributed by atoms with Crippen LogP contribution in [0.25, 0.3) is 0 Å². The molecule has 0 aromatic heterocycles. The molecule has 60 heavy (non-hydrogen) atoms. The third-order valence-corrected chi connectivity index (χ3v) is 12.3. The molecular formula is C52H58O8. The molecule has 0 bridgehead atoms. The highest BCUT2D eigenvalue weighted by atomic mass is 16.2. The molecule has 0 amide bonds.